The fraction of sp³-hybridized carbons (Fsp3) is 0.444. The lowest BCUT2D eigenvalue weighted by molar-refractivity contribution is -0.753. The number of rotatable bonds is 5. The van der Waals surface area contributed by atoms with Crippen molar-refractivity contribution in [1.29, 1.82) is 0 Å². The van der Waals surface area contributed by atoms with E-state index in [0.717, 1.165) is 9.35 Å². The van der Waals surface area contributed by atoms with Crippen LogP contribution in [0.15, 0.2) is 15.1 Å². The van der Waals surface area contributed by atoms with Crippen molar-refractivity contribution in [2.75, 3.05) is 30.2 Å². The number of nitrogens with one attached hydrogen (secondary N) is 1. The number of thioether (sulfide) groups is 1. The molecule has 0 fully saturated rings. The van der Waals surface area contributed by atoms with Crippen LogP contribution in [0.3, 0.4) is 0 Å². The largest absolute Gasteiger partial charge is 0.305 e. The molecule has 0 aromatic carbocycles. The van der Waals surface area contributed by atoms with Gasteiger partial charge in [-0.2, -0.15) is 5.01 Å². The first-order valence-corrected chi connectivity index (χ1v) is 7.14. The van der Waals surface area contributed by atoms with Gasteiger partial charge in [-0.05, 0) is 6.92 Å². The molecule has 102 valence electrons. The molecule has 2 heterocycles. The highest BCUT2D eigenvalue weighted by atomic mass is 32.2. The maximum absolute atomic E-state index is 11.7. The van der Waals surface area contributed by atoms with Crippen molar-refractivity contribution in [1.82, 2.24) is 15.5 Å². The zero-order chi connectivity index (χ0) is 13.8. The summed E-state index contributed by atoms with van der Waals surface area (Å²) in [6, 6.07) is 0. The molecule has 0 aliphatic rings. The molecule has 2 rings (SSSR count). The van der Waals surface area contributed by atoms with E-state index in [-0.39, 0.29) is 11.7 Å². The van der Waals surface area contributed by atoms with Crippen LogP contribution < -0.4 is 15.1 Å². The highest BCUT2D eigenvalue weighted by Gasteiger charge is 2.16. The van der Waals surface area contributed by atoms with Gasteiger partial charge in [-0.25, -0.2) is 0 Å². The molecule has 0 aliphatic carbocycles. The van der Waals surface area contributed by atoms with Gasteiger partial charge in [-0.1, -0.05) is 23.1 Å². The number of hydrogen-bond acceptors (Lipinski definition) is 8. The van der Waals surface area contributed by atoms with Crippen LogP contribution in [0, 0.1) is 6.92 Å². The lowest BCUT2D eigenvalue weighted by Crippen LogP contribution is -2.53. The standard InChI is InChI=1S/C9H12N6O2S2/c1-6-11-12-9(19-6)18-5-7(16)10-8-4-15(13-17-8)14(2)3/h4H,5H2,1-3H3/p+1. The second-order valence-corrected chi connectivity index (χ2v) is 6.16. The van der Waals surface area contributed by atoms with Crippen LogP contribution in [0.25, 0.3) is 0 Å². The van der Waals surface area contributed by atoms with Crippen LogP contribution in [0.5, 0.6) is 0 Å². The van der Waals surface area contributed by atoms with Gasteiger partial charge in [-0.15, -0.1) is 10.2 Å². The number of aromatic nitrogens is 4. The van der Waals surface area contributed by atoms with Crippen LogP contribution in [0.1, 0.15) is 5.01 Å². The summed E-state index contributed by atoms with van der Waals surface area (Å²) < 4.78 is 5.73. The van der Waals surface area contributed by atoms with Gasteiger partial charge in [0.2, 0.25) is 11.2 Å². The number of hydrogen-bond donors (Lipinski definition) is 1. The van der Waals surface area contributed by atoms with Crippen molar-refractivity contribution in [2.45, 2.75) is 11.3 Å². The smallest absolute Gasteiger partial charge is 0.288 e. The van der Waals surface area contributed by atoms with Gasteiger partial charge in [0.25, 0.3) is 6.20 Å². The van der Waals surface area contributed by atoms with Gasteiger partial charge in [0.05, 0.1) is 24.6 Å². The molecule has 2 aromatic heterocycles. The molecule has 1 amide bonds. The number of aryl methyl sites for hydroxylation is 1. The highest BCUT2D eigenvalue weighted by Crippen LogP contribution is 2.21. The number of amides is 1. The summed E-state index contributed by atoms with van der Waals surface area (Å²) in [6.45, 7) is 1.87. The van der Waals surface area contributed by atoms with E-state index in [1.165, 1.54) is 27.9 Å². The summed E-state index contributed by atoms with van der Waals surface area (Å²) in [5, 5.41) is 16.7. The van der Waals surface area contributed by atoms with Crippen molar-refractivity contribution in [3.63, 3.8) is 0 Å². The lowest BCUT2D eigenvalue weighted by atomic mass is 10.6. The van der Waals surface area contributed by atoms with Crippen LogP contribution >= 0.6 is 23.1 Å². The third kappa shape index (κ3) is 3.89. The predicted octanol–water partition coefficient (Wildman–Crippen LogP) is 0.0504. The fourth-order valence-corrected chi connectivity index (χ4v) is 2.73. The second-order valence-electron chi connectivity index (χ2n) is 3.76. The zero-order valence-corrected chi connectivity index (χ0v) is 12.3. The second kappa shape index (κ2) is 5.97. The van der Waals surface area contributed by atoms with E-state index < -0.39 is 0 Å². The van der Waals surface area contributed by atoms with Crippen molar-refractivity contribution in [2.24, 2.45) is 0 Å². The summed E-state index contributed by atoms with van der Waals surface area (Å²) in [7, 11) is 3.61. The third-order valence-electron chi connectivity index (χ3n) is 1.96. The zero-order valence-electron chi connectivity index (χ0n) is 10.7. The summed E-state index contributed by atoms with van der Waals surface area (Å²) >= 11 is 2.79. The van der Waals surface area contributed by atoms with E-state index in [0.29, 0.717) is 5.88 Å². The molecule has 0 saturated carbocycles. The molecule has 0 unspecified atom stereocenters. The molecule has 0 aliphatic heterocycles. The third-order valence-corrected chi connectivity index (χ3v) is 3.93. The van der Waals surface area contributed by atoms with Gasteiger partial charge >= 0.3 is 5.88 Å². The normalized spacial score (nSPS) is 10.5. The first-order chi connectivity index (χ1) is 9.04. The molecular formula is C9H13N6O2S2+. The molecule has 2 aromatic rings. The van der Waals surface area contributed by atoms with Gasteiger partial charge in [0, 0.05) is 0 Å². The molecule has 8 nitrogen and oxygen atoms in total. The Bertz CT molecular complexity index is 567. The maximum atomic E-state index is 11.7. The van der Waals surface area contributed by atoms with Gasteiger partial charge in [-0.3, -0.25) is 14.6 Å². The molecule has 0 radical (unpaired) electrons. The predicted molar refractivity (Wildman–Crippen MR) is 70.8 cm³/mol. The van der Waals surface area contributed by atoms with Crippen molar-refractivity contribution < 1.29 is 14.1 Å². The molecule has 0 atom stereocenters. The van der Waals surface area contributed by atoms with Crippen LogP contribution in [-0.2, 0) is 4.79 Å². The Kier molecular flexibility index (Phi) is 4.32. The minimum atomic E-state index is -0.181. The Balaban J connectivity index is 1.83. The minimum absolute atomic E-state index is 0.181. The van der Waals surface area contributed by atoms with Crippen LogP contribution in [0.2, 0.25) is 0 Å². The first kappa shape index (κ1) is 13.7. The van der Waals surface area contributed by atoms with Crippen molar-refractivity contribution >= 4 is 34.9 Å². The quantitative estimate of drug-likeness (QED) is 0.616. The van der Waals surface area contributed by atoms with E-state index in [9.17, 15) is 4.79 Å². The SMILES string of the molecule is Cc1nnc(SCC(=O)Nc2c[n+](N(C)C)no2)s1. The van der Waals surface area contributed by atoms with E-state index in [1.54, 1.807) is 11.2 Å². The van der Waals surface area contributed by atoms with Crippen molar-refractivity contribution in [3.05, 3.63) is 11.2 Å². The summed E-state index contributed by atoms with van der Waals surface area (Å²) in [5.74, 6) is 0.366. The Morgan fingerprint density at radius 1 is 1.58 bits per heavy atom. The molecule has 0 spiro atoms. The highest BCUT2D eigenvalue weighted by molar-refractivity contribution is 8.01. The molecule has 0 saturated heterocycles. The molecular weight excluding hydrogens is 288 g/mol. The van der Waals surface area contributed by atoms with Gasteiger partial charge in [0.15, 0.2) is 4.34 Å². The van der Waals surface area contributed by atoms with E-state index in [1.807, 2.05) is 21.0 Å². The number of carbonyl (C=O) groups is 1. The van der Waals surface area contributed by atoms with E-state index in [4.69, 9.17) is 4.52 Å². The lowest BCUT2D eigenvalue weighted by Gasteiger charge is -1.96. The minimum Gasteiger partial charge on any atom is -0.288 e. The Hall–Kier alpha value is -1.68. The van der Waals surface area contributed by atoms with E-state index >= 15 is 0 Å². The first-order valence-electron chi connectivity index (χ1n) is 5.33. The Labute approximate surface area is 117 Å². The van der Waals surface area contributed by atoms with Gasteiger partial charge in [0.1, 0.15) is 5.01 Å². The fourth-order valence-electron chi connectivity index (χ4n) is 1.12. The van der Waals surface area contributed by atoms with Crippen molar-refractivity contribution in [3.8, 4) is 0 Å². The molecule has 0 bridgehead atoms. The summed E-state index contributed by atoms with van der Waals surface area (Å²) in [6.07, 6.45) is 1.58. The molecule has 10 heteroatoms. The number of carbonyl (C=O) groups excluding carboxylic acids is 1. The topological polar surface area (TPSA) is 88.0 Å². The summed E-state index contributed by atoms with van der Waals surface area (Å²) in [5.41, 5.74) is 0. The number of nitrogens with zero attached hydrogens (tertiary/aromatic N) is 5. The van der Waals surface area contributed by atoms with E-state index in [2.05, 4.69) is 20.8 Å². The van der Waals surface area contributed by atoms with Gasteiger partial charge < -0.3 is 0 Å². The monoisotopic (exact) mass is 301 g/mol. The van der Waals surface area contributed by atoms with Crippen LogP contribution in [0.4, 0.5) is 5.88 Å². The molecule has 19 heavy (non-hydrogen) atoms. The average molecular weight is 301 g/mol. The Morgan fingerprint density at radius 3 is 2.95 bits per heavy atom. The van der Waals surface area contributed by atoms with Crippen LogP contribution in [-0.4, -0.2) is 41.2 Å². The maximum Gasteiger partial charge on any atom is 0.305 e. The number of anilines is 1. The summed E-state index contributed by atoms with van der Waals surface area (Å²) in [4.78, 5) is 13.2. The average Bonchev–Trinajstić information content (AvgIpc) is 2.96. The Morgan fingerprint density at radius 2 is 2.37 bits per heavy atom. The molecule has 1 N–H and O–H groups in total.